The normalized spacial score (nSPS) is 23.2. The SMILES string of the molecule is C=O.CC1CNC(=O)N1. The highest BCUT2D eigenvalue weighted by Crippen LogP contribution is 1.84. The third-order valence-corrected chi connectivity index (χ3v) is 0.946. The molecule has 52 valence electrons. The van der Waals surface area contributed by atoms with E-state index in [1.807, 2.05) is 13.7 Å². The van der Waals surface area contributed by atoms with Crippen LogP contribution < -0.4 is 10.6 Å². The van der Waals surface area contributed by atoms with Crippen molar-refractivity contribution in [1.82, 2.24) is 10.6 Å². The van der Waals surface area contributed by atoms with Gasteiger partial charge in [-0.2, -0.15) is 0 Å². The average Bonchev–Trinajstić information content (AvgIpc) is 2.20. The summed E-state index contributed by atoms with van der Waals surface area (Å²) in [7, 11) is 0. The molecular weight excluding hydrogens is 120 g/mol. The van der Waals surface area contributed by atoms with Gasteiger partial charge in [0.2, 0.25) is 0 Å². The lowest BCUT2D eigenvalue weighted by molar-refractivity contribution is -0.0979. The summed E-state index contributed by atoms with van der Waals surface area (Å²) in [6.45, 7) is 4.72. The van der Waals surface area contributed by atoms with E-state index in [9.17, 15) is 4.79 Å². The second-order valence-electron chi connectivity index (χ2n) is 1.76. The van der Waals surface area contributed by atoms with E-state index in [0.29, 0.717) is 6.04 Å². The largest absolute Gasteiger partial charge is 0.336 e. The van der Waals surface area contributed by atoms with Crippen LogP contribution in [0.1, 0.15) is 6.92 Å². The Bertz CT molecular complexity index is 105. The van der Waals surface area contributed by atoms with Gasteiger partial charge in [0.05, 0.1) is 0 Å². The standard InChI is InChI=1S/C4H8N2O.CH2O/c1-3-2-5-4(7)6-3;1-2/h3H,2H2,1H3,(H2,5,6,7);1H2. The van der Waals surface area contributed by atoms with E-state index < -0.39 is 0 Å². The molecular formula is C5H10N2O2. The lowest BCUT2D eigenvalue weighted by Gasteiger charge is -1.92. The lowest BCUT2D eigenvalue weighted by atomic mass is 10.4. The highest BCUT2D eigenvalue weighted by molar-refractivity contribution is 5.76. The fraction of sp³-hybridized carbons (Fsp3) is 0.600. The first kappa shape index (κ1) is 7.94. The van der Waals surface area contributed by atoms with E-state index in [1.54, 1.807) is 0 Å². The number of hydrogen-bond acceptors (Lipinski definition) is 2. The molecule has 1 aliphatic rings. The molecule has 1 heterocycles. The smallest absolute Gasteiger partial charge is 0.315 e. The van der Waals surface area contributed by atoms with Gasteiger partial charge >= 0.3 is 6.03 Å². The highest BCUT2D eigenvalue weighted by atomic mass is 16.2. The Balaban J connectivity index is 0.000000291. The maximum absolute atomic E-state index is 10.2. The minimum atomic E-state index is -0.0486. The van der Waals surface area contributed by atoms with Crippen LogP contribution in [0.4, 0.5) is 4.79 Å². The Morgan fingerprint density at radius 2 is 2.22 bits per heavy atom. The Kier molecular flexibility index (Phi) is 3.43. The predicted molar refractivity (Wildman–Crippen MR) is 33.1 cm³/mol. The van der Waals surface area contributed by atoms with Crippen molar-refractivity contribution in [3.05, 3.63) is 0 Å². The van der Waals surface area contributed by atoms with Crippen LogP contribution in [0.25, 0.3) is 0 Å². The highest BCUT2D eigenvalue weighted by Gasteiger charge is 2.13. The number of nitrogens with one attached hydrogen (secondary N) is 2. The molecule has 4 nitrogen and oxygen atoms in total. The zero-order valence-electron chi connectivity index (χ0n) is 5.31. The molecule has 1 atom stereocenters. The average molecular weight is 130 g/mol. The summed E-state index contributed by atoms with van der Waals surface area (Å²) in [6.07, 6.45) is 0. The Labute approximate surface area is 53.6 Å². The van der Waals surface area contributed by atoms with Crippen molar-refractivity contribution in [2.75, 3.05) is 6.54 Å². The molecule has 0 aromatic carbocycles. The lowest BCUT2D eigenvalue weighted by Crippen LogP contribution is -2.23. The fourth-order valence-electron chi connectivity index (χ4n) is 0.572. The summed E-state index contributed by atoms with van der Waals surface area (Å²) in [4.78, 5) is 18.2. The molecule has 0 spiro atoms. The maximum Gasteiger partial charge on any atom is 0.315 e. The Morgan fingerprint density at radius 1 is 1.67 bits per heavy atom. The summed E-state index contributed by atoms with van der Waals surface area (Å²) in [5, 5.41) is 5.29. The van der Waals surface area contributed by atoms with Gasteiger partial charge in [-0.15, -0.1) is 0 Å². The molecule has 0 aromatic heterocycles. The number of amides is 2. The first-order valence-electron chi connectivity index (χ1n) is 2.62. The zero-order chi connectivity index (χ0) is 7.28. The van der Waals surface area contributed by atoms with E-state index >= 15 is 0 Å². The van der Waals surface area contributed by atoms with Gasteiger partial charge in [0.1, 0.15) is 6.79 Å². The molecule has 0 saturated carbocycles. The van der Waals surface area contributed by atoms with Crippen molar-refractivity contribution in [2.24, 2.45) is 0 Å². The van der Waals surface area contributed by atoms with Gasteiger partial charge in [0, 0.05) is 12.6 Å². The quantitative estimate of drug-likeness (QED) is 0.464. The molecule has 1 unspecified atom stereocenters. The van der Waals surface area contributed by atoms with Crippen LogP contribution in [0.2, 0.25) is 0 Å². The Morgan fingerprint density at radius 3 is 2.33 bits per heavy atom. The summed E-state index contributed by atoms with van der Waals surface area (Å²) >= 11 is 0. The van der Waals surface area contributed by atoms with Gasteiger partial charge in [-0.25, -0.2) is 4.79 Å². The molecule has 9 heavy (non-hydrogen) atoms. The second kappa shape index (κ2) is 3.88. The van der Waals surface area contributed by atoms with Crippen molar-refractivity contribution >= 4 is 12.8 Å². The van der Waals surface area contributed by atoms with Crippen molar-refractivity contribution in [1.29, 1.82) is 0 Å². The fourth-order valence-corrected chi connectivity index (χ4v) is 0.572. The molecule has 1 saturated heterocycles. The minimum absolute atomic E-state index is 0.0486. The molecule has 4 heteroatoms. The predicted octanol–water partition coefficient (Wildman–Crippen LogP) is -0.497. The van der Waals surface area contributed by atoms with Crippen molar-refractivity contribution in [3.63, 3.8) is 0 Å². The van der Waals surface area contributed by atoms with Crippen LogP contribution in [0, 0.1) is 0 Å². The summed E-state index contributed by atoms with van der Waals surface area (Å²) in [6, 6.07) is 0.264. The molecule has 0 aromatic rings. The zero-order valence-corrected chi connectivity index (χ0v) is 5.31. The second-order valence-corrected chi connectivity index (χ2v) is 1.76. The van der Waals surface area contributed by atoms with Crippen LogP contribution in [0.3, 0.4) is 0 Å². The molecule has 2 amide bonds. The van der Waals surface area contributed by atoms with Crippen molar-refractivity contribution in [2.45, 2.75) is 13.0 Å². The molecule has 0 bridgehead atoms. The van der Waals surface area contributed by atoms with Crippen LogP contribution in [0.5, 0.6) is 0 Å². The van der Waals surface area contributed by atoms with Crippen LogP contribution in [-0.4, -0.2) is 25.4 Å². The molecule has 1 fully saturated rings. The van der Waals surface area contributed by atoms with Gasteiger partial charge in [0.15, 0.2) is 0 Å². The van der Waals surface area contributed by atoms with Gasteiger partial charge < -0.3 is 15.4 Å². The summed E-state index contributed by atoms with van der Waals surface area (Å²) < 4.78 is 0. The monoisotopic (exact) mass is 130 g/mol. The number of carbonyl (C=O) groups is 2. The third-order valence-electron chi connectivity index (χ3n) is 0.946. The van der Waals surface area contributed by atoms with Gasteiger partial charge in [0.25, 0.3) is 0 Å². The van der Waals surface area contributed by atoms with E-state index in [-0.39, 0.29) is 6.03 Å². The Hall–Kier alpha value is -1.06. The molecule has 0 radical (unpaired) electrons. The molecule has 2 N–H and O–H groups in total. The first-order valence-corrected chi connectivity index (χ1v) is 2.62. The van der Waals surface area contributed by atoms with Crippen LogP contribution in [0.15, 0.2) is 0 Å². The van der Waals surface area contributed by atoms with E-state index in [4.69, 9.17) is 4.79 Å². The van der Waals surface area contributed by atoms with E-state index in [1.165, 1.54) is 0 Å². The molecule has 1 aliphatic heterocycles. The van der Waals surface area contributed by atoms with Crippen LogP contribution >= 0.6 is 0 Å². The molecule has 0 aliphatic carbocycles. The topological polar surface area (TPSA) is 58.2 Å². The summed E-state index contributed by atoms with van der Waals surface area (Å²) in [5.41, 5.74) is 0. The van der Waals surface area contributed by atoms with E-state index in [2.05, 4.69) is 10.6 Å². The number of carbonyl (C=O) groups excluding carboxylic acids is 2. The van der Waals surface area contributed by atoms with Gasteiger partial charge in [-0.05, 0) is 6.92 Å². The van der Waals surface area contributed by atoms with Crippen molar-refractivity contribution < 1.29 is 9.59 Å². The van der Waals surface area contributed by atoms with Gasteiger partial charge in [-0.1, -0.05) is 0 Å². The third kappa shape index (κ3) is 2.69. The van der Waals surface area contributed by atoms with Crippen LogP contribution in [-0.2, 0) is 4.79 Å². The van der Waals surface area contributed by atoms with Crippen molar-refractivity contribution in [3.8, 4) is 0 Å². The van der Waals surface area contributed by atoms with Gasteiger partial charge in [-0.3, -0.25) is 0 Å². The summed E-state index contributed by atoms with van der Waals surface area (Å²) in [5.74, 6) is 0. The first-order chi connectivity index (χ1) is 4.29. The van der Waals surface area contributed by atoms with E-state index in [0.717, 1.165) is 6.54 Å². The number of rotatable bonds is 0. The minimum Gasteiger partial charge on any atom is -0.336 e. The maximum atomic E-state index is 10.2. The number of hydrogen-bond donors (Lipinski definition) is 2. The number of urea groups is 1. The molecule has 1 rings (SSSR count).